The molecular formula is C13H18N6. The summed E-state index contributed by atoms with van der Waals surface area (Å²) in [5, 5.41) is 15.6. The molecule has 100 valence electrons. The molecule has 0 radical (unpaired) electrons. The van der Waals surface area contributed by atoms with Gasteiger partial charge in [-0.05, 0) is 36.4 Å². The van der Waals surface area contributed by atoms with Crippen LogP contribution >= 0.6 is 0 Å². The predicted octanol–water partition coefficient (Wildman–Crippen LogP) is 0.851. The summed E-state index contributed by atoms with van der Waals surface area (Å²) < 4.78 is 1.79. The molecule has 1 saturated heterocycles. The lowest BCUT2D eigenvalue weighted by Gasteiger charge is -2.39. The number of tetrazole rings is 1. The van der Waals surface area contributed by atoms with Crippen LogP contribution in [-0.4, -0.2) is 45.4 Å². The summed E-state index contributed by atoms with van der Waals surface area (Å²) >= 11 is 0. The third kappa shape index (κ3) is 2.44. The van der Waals surface area contributed by atoms with Gasteiger partial charge in [0.25, 0.3) is 0 Å². The number of nitrogens with zero attached hydrogens (tertiary/aromatic N) is 5. The van der Waals surface area contributed by atoms with Gasteiger partial charge in [0.05, 0.1) is 5.69 Å². The van der Waals surface area contributed by atoms with Gasteiger partial charge in [-0.25, -0.2) is 0 Å². The second-order valence-corrected chi connectivity index (χ2v) is 5.46. The molecule has 0 saturated carbocycles. The number of benzene rings is 1. The fraction of sp³-hybridized carbons (Fsp3) is 0.462. The fourth-order valence-electron chi connectivity index (χ4n) is 2.43. The Hall–Kier alpha value is -1.95. The number of nitrogens with one attached hydrogen (secondary N) is 1. The van der Waals surface area contributed by atoms with Gasteiger partial charge in [-0.15, -0.1) is 0 Å². The van der Waals surface area contributed by atoms with E-state index in [1.165, 1.54) is 0 Å². The normalized spacial score (nSPS) is 18.5. The van der Waals surface area contributed by atoms with E-state index in [0.29, 0.717) is 0 Å². The highest BCUT2D eigenvalue weighted by Crippen LogP contribution is 2.19. The predicted molar refractivity (Wildman–Crippen MR) is 73.4 cm³/mol. The summed E-state index contributed by atoms with van der Waals surface area (Å²) in [5.41, 5.74) is 1.06. The molecule has 0 amide bonds. The molecule has 0 bridgehead atoms. The van der Waals surface area contributed by atoms with Crippen LogP contribution in [0.15, 0.2) is 30.3 Å². The van der Waals surface area contributed by atoms with Crippen molar-refractivity contribution in [1.82, 2.24) is 25.5 Å². The van der Waals surface area contributed by atoms with Crippen LogP contribution in [0.5, 0.6) is 0 Å². The van der Waals surface area contributed by atoms with Gasteiger partial charge < -0.3 is 10.2 Å². The summed E-state index contributed by atoms with van der Waals surface area (Å²) in [6, 6.07) is 9.98. The summed E-state index contributed by atoms with van der Waals surface area (Å²) in [6.07, 6.45) is 0. The van der Waals surface area contributed by atoms with E-state index in [0.717, 1.165) is 31.3 Å². The molecule has 1 aliphatic rings. The van der Waals surface area contributed by atoms with Crippen LogP contribution in [0.1, 0.15) is 13.8 Å². The molecule has 6 nitrogen and oxygen atoms in total. The largest absolute Gasteiger partial charge is 0.336 e. The monoisotopic (exact) mass is 258 g/mol. The minimum absolute atomic E-state index is 0.0751. The van der Waals surface area contributed by atoms with E-state index in [-0.39, 0.29) is 5.54 Å². The first-order chi connectivity index (χ1) is 9.16. The van der Waals surface area contributed by atoms with Crippen LogP contribution < -0.4 is 10.2 Å². The fourth-order valence-corrected chi connectivity index (χ4v) is 2.43. The molecule has 1 aromatic carbocycles. The molecule has 2 aromatic rings. The van der Waals surface area contributed by atoms with Crippen LogP contribution in [0.25, 0.3) is 5.69 Å². The molecule has 1 aliphatic heterocycles. The standard InChI is InChI=1S/C13H18N6/c1-13(2)10-18(9-8-14-13)12-15-16-17-19(12)11-6-4-3-5-7-11/h3-7,14H,8-10H2,1-2H3. The van der Waals surface area contributed by atoms with Crippen LogP contribution in [0.2, 0.25) is 0 Å². The van der Waals surface area contributed by atoms with Crippen LogP contribution in [0.3, 0.4) is 0 Å². The SMILES string of the molecule is CC1(C)CN(c2nnnn2-c2ccccc2)CCN1. The van der Waals surface area contributed by atoms with E-state index in [1.807, 2.05) is 30.3 Å². The van der Waals surface area contributed by atoms with Crippen molar-refractivity contribution >= 4 is 5.95 Å². The van der Waals surface area contributed by atoms with Crippen molar-refractivity contribution in [3.8, 4) is 5.69 Å². The molecule has 1 N–H and O–H groups in total. The van der Waals surface area contributed by atoms with E-state index in [9.17, 15) is 0 Å². The molecule has 0 unspecified atom stereocenters. The summed E-state index contributed by atoms with van der Waals surface area (Å²) in [5.74, 6) is 0.806. The van der Waals surface area contributed by atoms with Gasteiger partial charge in [-0.3, -0.25) is 0 Å². The van der Waals surface area contributed by atoms with Crippen molar-refractivity contribution in [2.24, 2.45) is 0 Å². The Morgan fingerprint density at radius 3 is 2.74 bits per heavy atom. The zero-order valence-electron chi connectivity index (χ0n) is 11.2. The minimum atomic E-state index is 0.0751. The van der Waals surface area contributed by atoms with Crippen molar-refractivity contribution in [2.45, 2.75) is 19.4 Å². The number of anilines is 1. The van der Waals surface area contributed by atoms with Gasteiger partial charge in [0.15, 0.2) is 0 Å². The number of para-hydroxylation sites is 1. The molecular weight excluding hydrogens is 240 g/mol. The Labute approximate surface area is 112 Å². The third-order valence-corrected chi connectivity index (χ3v) is 3.31. The second-order valence-electron chi connectivity index (χ2n) is 5.46. The molecule has 0 atom stereocenters. The van der Waals surface area contributed by atoms with E-state index < -0.39 is 0 Å². The first-order valence-electron chi connectivity index (χ1n) is 6.49. The molecule has 3 rings (SSSR count). The van der Waals surface area contributed by atoms with E-state index in [2.05, 4.69) is 39.6 Å². The molecule has 6 heteroatoms. The van der Waals surface area contributed by atoms with Crippen molar-refractivity contribution in [2.75, 3.05) is 24.5 Å². The zero-order valence-corrected chi connectivity index (χ0v) is 11.2. The Kier molecular flexibility index (Phi) is 2.94. The number of hydrogen-bond donors (Lipinski definition) is 1. The highest BCUT2D eigenvalue weighted by atomic mass is 15.6. The lowest BCUT2D eigenvalue weighted by molar-refractivity contribution is 0.349. The average Bonchev–Trinajstić information content (AvgIpc) is 2.88. The lowest BCUT2D eigenvalue weighted by Crippen LogP contribution is -2.57. The van der Waals surface area contributed by atoms with E-state index >= 15 is 0 Å². The van der Waals surface area contributed by atoms with E-state index in [1.54, 1.807) is 4.68 Å². The highest BCUT2D eigenvalue weighted by molar-refractivity contribution is 5.41. The van der Waals surface area contributed by atoms with Crippen molar-refractivity contribution < 1.29 is 0 Å². The number of piperazine rings is 1. The Balaban J connectivity index is 1.92. The maximum atomic E-state index is 4.18. The van der Waals surface area contributed by atoms with Crippen LogP contribution in [0, 0.1) is 0 Å². The van der Waals surface area contributed by atoms with Crippen LogP contribution in [0.4, 0.5) is 5.95 Å². The molecule has 2 heterocycles. The van der Waals surface area contributed by atoms with Gasteiger partial charge in [-0.2, -0.15) is 4.68 Å². The molecule has 0 spiro atoms. The summed E-state index contributed by atoms with van der Waals surface area (Å²) in [4.78, 5) is 2.23. The van der Waals surface area contributed by atoms with Gasteiger partial charge in [-0.1, -0.05) is 23.3 Å². The van der Waals surface area contributed by atoms with Crippen LogP contribution in [-0.2, 0) is 0 Å². The van der Waals surface area contributed by atoms with Crippen molar-refractivity contribution in [3.05, 3.63) is 30.3 Å². The summed E-state index contributed by atoms with van der Waals surface area (Å²) in [7, 11) is 0. The molecule has 0 aliphatic carbocycles. The quantitative estimate of drug-likeness (QED) is 0.865. The smallest absolute Gasteiger partial charge is 0.250 e. The maximum Gasteiger partial charge on any atom is 0.250 e. The van der Waals surface area contributed by atoms with Gasteiger partial charge in [0.2, 0.25) is 5.95 Å². The second kappa shape index (κ2) is 4.62. The highest BCUT2D eigenvalue weighted by Gasteiger charge is 2.28. The minimum Gasteiger partial charge on any atom is -0.336 e. The third-order valence-electron chi connectivity index (χ3n) is 3.31. The topological polar surface area (TPSA) is 58.9 Å². The Morgan fingerprint density at radius 1 is 1.21 bits per heavy atom. The zero-order chi connectivity index (χ0) is 13.3. The summed E-state index contributed by atoms with van der Waals surface area (Å²) in [6.45, 7) is 7.12. The molecule has 19 heavy (non-hydrogen) atoms. The van der Waals surface area contributed by atoms with Crippen molar-refractivity contribution in [1.29, 1.82) is 0 Å². The van der Waals surface area contributed by atoms with Crippen molar-refractivity contribution in [3.63, 3.8) is 0 Å². The Bertz CT molecular complexity index is 547. The lowest BCUT2D eigenvalue weighted by atomic mass is 10.0. The molecule has 1 fully saturated rings. The number of aromatic nitrogens is 4. The number of hydrogen-bond acceptors (Lipinski definition) is 5. The average molecular weight is 258 g/mol. The Morgan fingerprint density at radius 2 is 2.00 bits per heavy atom. The first kappa shape index (κ1) is 12.1. The van der Waals surface area contributed by atoms with Gasteiger partial charge in [0.1, 0.15) is 0 Å². The molecule has 1 aromatic heterocycles. The number of rotatable bonds is 2. The van der Waals surface area contributed by atoms with Gasteiger partial charge in [0, 0.05) is 25.2 Å². The first-order valence-corrected chi connectivity index (χ1v) is 6.49. The van der Waals surface area contributed by atoms with Gasteiger partial charge >= 0.3 is 0 Å². The van der Waals surface area contributed by atoms with E-state index in [4.69, 9.17) is 0 Å². The maximum absolute atomic E-state index is 4.18.